The van der Waals surface area contributed by atoms with Crippen molar-refractivity contribution in [3.8, 4) is 12.3 Å². The third kappa shape index (κ3) is 10.9. The van der Waals surface area contributed by atoms with E-state index in [1.807, 2.05) is 6.92 Å². The van der Waals surface area contributed by atoms with E-state index in [-0.39, 0.29) is 30.9 Å². The third-order valence-electron chi connectivity index (χ3n) is 5.71. The summed E-state index contributed by atoms with van der Waals surface area (Å²) in [7, 11) is 0. The summed E-state index contributed by atoms with van der Waals surface area (Å²) in [6, 6.07) is 3.20. The maximum absolute atomic E-state index is 12.8. The van der Waals surface area contributed by atoms with E-state index in [4.69, 9.17) is 22.4 Å². The molecule has 0 bridgehead atoms. The van der Waals surface area contributed by atoms with Crippen LogP contribution >= 0.6 is 11.8 Å². The zero-order chi connectivity index (χ0) is 30.6. The average Bonchev–Trinajstić information content (AvgIpc) is 3.69. The van der Waals surface area contributed by atoms with Crippen LogP contribution in [0.25, 0.3) is 0 Å². The summed E-state index contributed by atoms with van der Waals surface area (Å²) >= 11 is 0.941. The fourth-order valence-electron chi connectivity index (χ4n) is 3.34. The molecule has 0 saturated heterocycles. The molecule has 0 radical (unpaired) electrons. The number of nitrogens with zero attached hydrogens (tertiary/aromatic N) is 2. The molecular weight excluding hydrogens is 558 g/mol. The Bertz CT molecular complexity index is 1230. The van der Waals surface area contributed by atoms with Crippen molar-refractivity contribution in [2.45, 2.75) is 43.6 Å². The molecule has 220 valence electrons. The van der Waals surface area contributed by atoms with E-state index in [2.05, 4.69) is 37.4 Å². The van der Waals surface area contributed by atoms with E-state index in [0.717, 1.165) is 17.3 Å². The Morgan fingerprint density at radius 3 is 2.24 bits per heavy atom. The fraction of sp³-hybridized carbons (Fsp3) is 0.440. The number of aliphatic carboxylic acids is 2. The fourth-order valence-corrected chi connectivity index (χ4v) is 4.20. The van der Waals surface area contributed by atoms with Gasteiger partial charge in [-0.15, -0.1) is 18.2 Å². The van der Waals surface area contributed by atoms with Crippen LogP contribution in [0.5, 0.6) is 0 Å². The van der Waals surface area contributed by atoms with E-state index in [9.17, 15) is 28.8 Å². The van der Waals surface area contributed by atoms with Crippen LogP contribution in [0.1, 0.15) is 36.9 Å². The van der Waals surface area contributed by atoms with Crippen LogP contribution < -0.4 is 27.0 Å². The standard InChI is InChI=1S/C25H31N7O8S/c1-3-10-27-23(38)21(14-4-6-15(7-5-14)25(2)31-32-25)30-19(34)13-41-12-17(22(37)28-11-20(35)36)29-18(33)9-8-16(26)24(39)40/h1,4-7,16-17,21H,8-13,26H2,2H3,(H,27,38)(H,28,37)(H,29,33)(H,30,34)(H,35,36)(H,39,40). The van der Waals surface area contributed by atoms with Crippen molar-refractivity contribution in [3.63, 3.8) is 0 Å². The molecule has 1 heterocycles. The number of nitrogens with one attached hydrogen (secondary N) is 4. The van der Waals surface area contributed by atoms with E-state index in [0.29, 0.717) is 5.56 Å². The highest BCUT2D eigenvalue weighted by Gasteiger charge is 2.36. The van der Waals surface area contributed by atoms with Gasteiger partial charge >= 0.3 is 11.9 Å². The number of thioether (sulfide) groups is 1. The number of carboxylic acid groups (broad SMARTS) is 2. The van der Waals surface area contributed by atoms with Crippen molar-refractivity contribution in [3.05, 3.63) is 35.4 Å². The summed E-state index contributed by atoms with van der Waals surface area (Å²) in [5, 5.41) is 35.3. The maximum Gasteiger partial charge on any atom is 0.322 e. The molecule has 16 heteroatoms. The van der Waals surface area contributed by atoms with Crippen molar-refractivity contribution in [2.24, 2.45) is 16.0 Å². The lowest BCUT2D eigenvalue weighted by Crippen LogP contribution is -2.49. The van der Waals surface area contributed by atoms with Gasteiger partial charge in [-0.25, -0.2) is 0 Å². The summed E-state index contributed by atoms with van der Waals surface area (Å²) < 4.78 is 0. The lowest BCUT2D eigenvalue weighted by atomic mass is 9.99. The summed E-state index contributed by atoms with van der Waals surface area (Å²) in [5.41, 5.74) is 6.06. The molecule has 0 spiro atoms. The molecule has 1 aliphatic heterocycles. The zero-order valence-electron chi connectivity index (χ0n) is 22.1. The van der Waals surface area contributed by atoms with Gasteiger partial charge < -0.3 is 37.2 Å². The Kier molecular flexibility index (Phi) is 12.2. The maximum atomic E-state index is 12.8. The van der Waals surface area contributed by atoms with Crippen molar-refractivity contribution in [1.82, 2.24) is 21.3 Å². The number of carbonyl (C=O) groups is 6. The number of hydrogen-bond acceptors (Lipinski definition) is 10. The number of hydrogen-bond donors (Lipinski definition) is 7. The first-order valence-corrected chi connectivity index (χ1v) is 13.4. The van der Waals surface area contributed by atoms with Gasteiger partial charge in [0, 0.05) is 17.7 Å². The van der Waals surface area contributed by atoms with Crippen molar-refractivity contribution >= 4 is 47.3 Å². The smallest absolute Gasteiger partial charge is 0.322 e. The van der Waals surface area contributed by atoms with Crippen LogP contribution in [0, 0.1) is 12.3 Å². The van der Waals surface area contributed by atoms with Gasteiger partial charge in [0.2, 0.25) is 29.3 Å². The van der Waals surface area contributed by atoms with Gasteiger partial charge in [0.05, 0.1) is 12.3 Å². The monoisotopic (exact) mass is 589 g/mol. The van der Waals surface area contributed by atoms with Crippen LogP contribution in [0.3, 0.4) is 0 Å². The number of benzene rings is 1. The lowest BCUT2D eigenvalue weighted by molar-refractivity contribution is -0.139. The Morgan fingerprint density at radius 2 is 1.68 bits per heavy atom. The highest BCUT2D eigenvalue weighted by molar-refractivity contribution is 8.00. The van der Waals surface area contributed by atoms with Crippen LogP contribution in [0.2, 0.25) is 0 Å². The zero-order valence-corrected chi connectivity index (χ0v) is 22.9. The molecule has 1 aromatic carbocycles. The second kappa shape index (κ2) is 15.3. The summed E-state index contributed by atoms with van der Waals surface area (Å²) in [5.74, 6) is -3.28. The minimum Gasteiger partial charge on any atom is -0.480 e. The molecule has 15 nitrogen and oxygen atoms in total. The van der Waals surface area contributed by atoms with Gasteiger partial charge in [-0.2, -0.15) is 10.2 Å². The van der Waals surface area contributed by atoms with Crippen LogP contribution in [0.15, 0.2) is 34.5 Å². The minimum atomic E-state index is -1.31. The quantitative estimate of drug-likeness (QED) is 0.108. The molecule has 0 saturated carbocycles. The van der Waals surface area contributed by atoms with Gasteiger partial charge in [0.25, 0.3) is 0 Å². The Hall–Kier alpha value is -4.49. The lowest BCUT2D eigenvalue weighted by Gasteiger charge is -2.20. The Balaban J connectivity index is 2.01. The molecular formula is C25H31N7O8S. The number of rotatable bonds is 17. The van der Waals surface area contributed by atoms with Gasteiger partial charge in [-0.1, -0.05) is 30.2 Å². The Labute approximate surface area is 239 Å². The SMILES string of the molecule is C#CCNC(=O)C(NC(=O)CSCC(NC(=O)CCC(N)C(=O)O)C(=O)NCC(=O)O)c1ccc(C2(C)N=N2)cc1. The molecule has 0 aliphatic carbocycles. The van der Waals surface area contributed by atoms with Gasteiger partial charge in [0.1, 0.15) is 24.7 Å². The van der Waals surface area contributed by atoms with Gasteiger partial charge in [-0.3, -0.25) is 28.8 Å². The van der Waals surface area contributed by atoms with E-state index >= 15 is 0 Å². The predicted octanol–water partition coefficient (Wildman–Crippen LogP) is -1.16. The first kappa shape index (κ1) is 32.7. The molecule has 0 aromatic heterocycles. The van der Waals surface area contributed by atoms with E-state index < -0.39 is 65.9 Å². The molecule has 0 fully saturated rings. The molecule has 4 amide bonds. The highest BCUT2D eigenvalue weighted by atomic mass is 32.2. The molecule has 2 rings (SSSR count). The van der Waals surface area contributed by atoms with Crippen LogP contribution in [-0.2, 0) is 34.4 Å². The second-order valence-electron chi connectivity index (χ2n) is 9.00. The van der Waals surface area contributed by atoms with E-state index in [1.54, 1.807) is 24.3 Å². The summed E-state index contributed by atoms with van der Waals surface area (Å²) in [6.45, 7) is 1.06. The number of carbonyl (C=O) groups excluding carboxylic acids is 4. The third-order valence-corrected chi connectivity index (χ3v) is 6.74. The van der Waals surface area contributed by atoms with Crippen molar-refractivity contribution in [2.75, 3.05) is 24.6 Å². The largest absolute Gasteiger partial charge is 0.480 e. The molecule has 41 heavy (non-hydrogen) atoms. The molecule has 3 atom stereocenters. The number of amides is 4. The number of carboxylic acids is 2. The molecule has 1 aliphatic rings. The summed E-state index contributed by atoms with van der Waals surface area (Å²) in [6.07, 6.45) is 4.74. The molecule has 1 aromatic rings. The average molecular weight is 590 g/mol. The van der Waals surface area contributed by atoms with Gasteiger partial charge in [0.15, 0.2) is 0 Å². The molecule has 8 N–H and O–H groups in total. The Morgan fingerprint density at radius 1 is 1.02 bits per heavy atom. The van der Waals surface area contributed by atoms with Crippen LogP contribution in [-0.4, -0.2) is 82.5 Å². The predicted molar refractivity (Wildman–Crippen MR) is 146 cm³/mol. The topological polar surface area (TPSA) is 242 Å². The highest BCUT2D eigenvalue weighted by Crippen LogP contribution is 2.38. The van der Waals surface area contributed by atoms with E-state index in [1.165, 1.54) is 0 Å². The first-order valence-electron chi connectivity index (χ1n) is 12.3. The number of terminal acetylenes is 1. The first-order chi connectivity index (χ1) is 19.4. The second-order valence-corrected chi connectivity index (χ2v) is 10.0. The minimum absolute atomic E-state index is 0.0575. The van der Waals surface area contributed by atoms with Crippen LogP contribution in [0.4, 0.5) is 0 Å². The summed E-state index contributed by atoms with van der Waals surface area (Å²) in [4.78, 5) is 71.9. The number of nitrogens with two attached hydrogens (primary N) is 1. The van der Waals surface area contributed by atoms with Crippen molar-refractivity contribution in [1.29, 1.82) is 0 Å². The normalized spacial score (nSPS) is 14.9. The van der Waals surface area contributed by atoms with Gasteiger partial charge in [-0.05, 0) is 18.9 Å². The van der Waals surface area contributed by atoms with Crippen molar-refractivity contribution < 1.29 is 39.0 Å². The molecule has 3 unspecified atom stereocenters.